The lowest BCUT2D eigenvalue weighted by Gasteiger charge is -2.28. The van der Waals surface area contributed by atoms with E-state index >= 15 is 0 Å². The zero-order valence-corrected chi connectivity index (χ0v) is 10.7. The summed E-state index contributed by atoms with van der Waals surface area (Å²) in [6, 6.07) is 0. The predicted octanol–water partition coefficient (Wildman–Crippen LogP) is 0.328. The van der Waals surface area contributed by atoms with Gasteiger partial charge in [-0.2, -0.15) is 0 Å². The average molecular weight is 250 g/mol. The number of ether oxygens (including phenoxy) is 4. The molecule has 0 spiro atoms. The van der Waals surface area contributed by atoms with E-state index < -0.39 is 18.4 Å². The monoisotopic (exact) mass is 250 g/mol. The van der Waals surface area contributed by atoms with Crippen molar-refractivity contribution >= 4 is 5.97 Å². The lowest BCUT2D eigenvalue weighted by molar-refractivity contribution is -0.261. The average Bonchev–Trinajstić information content (AvgIpc) is 2.33. The summed E-state index contributed by atoms with van der Waals surface area (Å²) in [7, 11) is 0. The van der Waals surface area contributed by atoms with E-state index in [0.29, 0.717) is 13.2 Å². The first-order valence-corrected chi connectivity index (χ1v) is 5.80. The highest BCUT2D eigenvalue weighted by Crippen LogP contribution is 2.15. The molecule has 0 aromatic heterocycles. The van der Waals surface area contributed by atoms with Gasteiger partial charge in [-0.1, -0.05) is 0 Å². The number of aliphatic hydroxyl groups is 1. The van der Waals surface area contributed by atoms with E-state index in [-0.39, 0.29) is 19.8 Å². The van der Waals surface area contributed by atoms with Crippen molar-refractivity contribution < 1.29 is 28.8 Å². The molecule has 102 valence electrons. The van der Waals surface area contributed by atoms with E-state index in [0.717, 1.165) is 0 Å². The molecule has 1 unspecified atom stereocenters. The van der Waals surface area contributed by atoms with E-state index in [1.807, 2.05) is 6.92 Å². The molecule has 1 atom stereocenters. The Morgan fingerprint density at radius 2 is 1.76 bits per heavy atom. The molecule has 0 aromatic rings. The first-order chi connectivity index (χ1) is 8.16. The molecule has 0 aromatic carbocycles. The minimum Gasteiger partial charge on any atom is -0.462 e. The molecule has 0 aliphatic heterocycles. The minimum absolute atomic E-state index is 0.146. The van der Waals surface area contributed by atoms with Crippen LogP contribution in [0.4, 0.5) is 0 Å². The maximum atomic E-state index is 11.7. The molecule has 0 radical (unpaired) electrons. The van der Waals surface area contributed by atoms with Crippen LogP contribution < -0.4 is 0 Å². The molecular weight excluding hydrogens is 228 g/mol. The van der Waals surface area contributed by atoms with Crippen molar-refractivity contribution in [1.82, 2.24) is 0 Å². The van der Waals surface area contributed by atoms with Crippen molar-refractivity contribution in [3.05, 3.63) is 0 Å². The molecule has 0 bridgehead atoms. The summed E-state index contributed by atoms with van der Waals surface area (Å²) in [6.45, 7) is 6.10. The Morgan fingerprint density at radius 1 is 1.06 bits per heavy atom. The smallest absolute Gasteiger partial charge is 0.369 e. The lowest BCUT2D eigenvalue weighted by Crippen LogP contribution is -2.49. The van der Waals surface area contributed by atoms with Crippen LogP contribution in [0.5, 0.6) is 0 Å². The van der Waals surface area contributed by atoms with Gasteiger partial charge in [-0.25, -0.2) is 4.79 Å². The summed E-state index contributed by atoms with van der Waals surface area (Å²) >= 11 is 0. The number of hydrogen-bond acceptors (Lipinski definition) is 6. The van der Waals surface area contributed by atoms with Gasteiger partial charge in [-0.15, -0.1) is 0 Å². The molecule has 6 heteroatoms. The number of rotatable bonds is 10. The van der Waals surface area contributed by atoms with Gasteiger partial charge in [0.15, 0.2) is 0 Å². The third-order valence-electron chi connectivity index (χ3n) is 1.94. The van der Waals surface area contributed by atoms with Crippen LogP contribution in [0.1, 0.15) is 20.8 Å². The van der Waals surface area contributed by atoms with Gasteiger partial charge in [-0.3, -0.25) is 0 Å². The van der Waals surface area contributed by atoms with Gasteiger partial charge in [0.25, 0.3) is 5.79 Å². The Bertz CT molecular complexity index is 208. The molecule has 0 rings (SSSR count). The van der Waals surface area contributed by atoms with E-state index in [1.54, 1.807) is 13.8 Å². The number of aliphatic hydroxyl groups excluding tert-OH is 1. The summed E-state index contributed by atoms with van der Waals surface area (Å²) in [5, 5.41) is 9.27. The van der Waals surface area contributed by atoms with Crippen molar-refractivity contribution in [2.45, 2.75) is 26.6 Å². The summed E-state index contributed by atoms with van der Waals surface area (Å²) in [4.78, 5) is 11.7. The molecule has 0 saturated heterocycles. The Morgan fingerprint density at radius 3 is 2.24 bits per heavy atom. The molecular formula is C11H22O6. The quantitative estimate of drug-likeness (QED) is 0.342. The van der Waals surface area contributed by atoms with Crippen LogP contribution in [-0.4, -0.2) is 56.5 Å². The fourth-order valence-corrected chi connectivity index (χ4v) is 1.20. The van der Waals surface area contributed by atoms with Gasteiger partial charge in [0.2, 0.25) is 0 Å². The van der Waals surface area contributed by atoms with Gasteiger partial charge in [0.1, 0.15) is 6.61 Å². The van der Waals surface area contributed by atoms with Gasteiger partial charge >= 0.3 is 5.97 Å². The molecule has 0 fully saturated rings. The summed E-state index contributed by atoms with van der Waals surface area (Å²) in [5.41, 5.74) is 0. The Kier molecular flexibility index (Phi) is 8.97. The van der Waals surface area contributed by atoms with Gasteiger partial charge < -0.3 is 24.1 Å². The van der Waals surface area contributed by atoms with E-state index in [4.69, 9.17) is 18.9 Å². The topological polar surface area (TPSA) is 74.2 Å². The Balaban J connectivity index is 4.41. The van der Waals surface area contributed by atoms with E-state index in [9.17, 15) is 9.90 Å². The summed E-state index contributed by atoms with van der Waals surface area (Å²) in [6.07, 6.45) is 0. The van der Waals surface area contributed by atoms with Gasteiger partial charge in [0.05, 0.1) is 19.8 Å². The second kappa shape index (κ2) is 9.35. The summed E-state index contributed by atoms with van der Waals surface area (Å²) in [5.74, 6) is -2.46. The molecule has 0 aliphatic carbocycles. The SMILES string of the molecule is CCOCCOC(CO)(OCC)C(=O)OCC. The molecule has 6 nitrogen and oxygen atoms in total. The Labute approximate surface area is 102 Å². The van der Waals surface area contributed by atoms with Crippen LogP contribution in [0.15, 0.2) is 0 Å². The highest BCUT2D eigenvalue weighted by molar-refractivity contribution is 5.78. The number of esters is 1. The zero-order valence-electron chi connectivity index (χ0n) is 10.7. The fourth-order valence-electron chi connectivity index (χ4n) is 1.20. The maximum absolute atomic E-state index is 11.7. The second-order valence-electron chi connectivity index (χ2n) is 3.11. The first-order valence-electron chi connectivity index (χ1n) is 5.80. The number of carbonyl (C=O) groups is 1. The van der Waals surface area contributed by atoms with Crippen molar-refractivity contribution in [2.75, 3.05) is 39.6 Å². The van der Waals surface area contributed by atoms with Crippen molar-refractivity contribution in [3.8, 4) is 0 Å². The highest BCUT2D eigenvalue weighted by Gasteiger charge is 2.42. The standard InChI is InChI=1S/C11H22O6/c1-4-14-7-8-17-11(9-12,16-6-3)10(13)15-5-2/h12H,4-9H2,1-3H3. The molecule has 0 heterocycles. The van der Waals surface area contributed by atoms with Gasteiger partial charge in [-0.05, 0) is 20.8 Å². The normalized spacial score (nSPS) is 14.4. The maximum Gasteiger partial charge on any atom is 0.369 e. The van der Waals surface area contributed by atoms with Crippen LogP contribution in [0, 0.1) is 0 Å². The number of hydrogen-bond donors (Lipinski definition) is 1. The highest BCUT2D eigenvalue weighted by atomic mass is 16.7. The van der Waals surface area contributed by atoms with Gasteiger partial charge in [0, 0.05) is 13.2 Å². The molecule has 17 heavy (non-hydrogen) atoms. The van der Waals surface area contributed by atoms with Crippen molar-refractivity contribution in [1.29, 1.82) is 0 Å². The summed E-state index contributed by atoms with van der Waals surface area (Å²) < 4.78 is 20.3. The van der Waals surface area contributed by atoms with Crippen LogP contribution in [0.25, 0.3) is 0 Å². The lowest BCUT2D eigenvalue weighted by atomic mass is 10.3. The molecule has 0 amide bonds. The first kappa shape index (κ1) is 16.3. The van der Waals surface area contributed by atoms with Crippen LogP contribution in [-0.2, 0) is 23.7 Å². The predicted molar refractivity (Wildman–Crippen MR) is 60.5 cm³/mol. The van der Waals surface area contributed by atoms with Crippen LogP contribution in [0.3, 0.4) is 0 Å². The molecule has 0 aliphatic rings. The Hall–Kier alpha value is -0.690. The van der Waals surface area contributed by atoms with Crippen LogP contribution in [0.2, 0.25) is 0 Å². The largest absolute Gasteiger partial charge is 0.462 e. The zero-order chi connectivity index (χ0) is 13.1. The van der Waals surface area contributed by atoms with Crippen LogP contribution >= 0.6 is 0 Å². The minimum atomic E-state index is -1.73. The van der Waals surface area contributed by atoms with E-state index in [2.05, 4.69) is 0 Å². The van der Waals surface area contributed by atoms with E-state index in [1.165, 1.54) is 0 Å². The molecule has 1 N–H and O–H groups in total. The second-order valence-corrected chi connectivity index (χ2v) is 3.11. The fraction of sp³-hybridized carbons (Fsp3) is 0.909. The number of carbonyl (C=O) groups excluding carboxylic acids is 1. The third-order valence-corrected chi connectivity index (χ3v) is 1.94. The van der Waals surface area contributed by atoms with Crippen molar-refractivity contribution in [3.63, 3.8) is 0 Å². The third kappa shape index (κ3) is 5.45. The molecule has 0 saturated carbocycles. The van der Waals surface area contributed by atoms with Crippen molar-refractivity contribution in [2.24, 2.45) is 0 Å².